The van der Waals surface area contributed by atoms with Gasteiger partial charge in [0.05, 0.1) is 22.4 Å². The van der Waals surface area contributed by atoms with Crippen LogP contribution in [0, 0.1) is 5.92 Å². The van der Waals surface area contributed by atoms with Crippen molar-refractivity contribution >= 4 is 103 Å². The quantitative estimate of drug-likeness (QED) is 0.171. The first kappa shape index (κ1) is 30.4. The van der Waals surface area contributed by atoms with Crippen molar-refractivity contribution in [3.63, 3.8) is 0 Å². The van der Waals surface area contributed by atoms with Crippen LogP contribution in [0.2, 0.25) is 0 Å². The van der Waals surface area contributed by atoms with E-state index in [-0.39, 0.29) is 0 Å². The Morgan fingerprint density at radius 2 is 1.33 bits per heavy atom. The lowest BCUT2D eigenvalue weighted by Crippen LogP contribution is -2.12. The molecule has 51 heavy (non-hydrogen) atoms. The lowest BCUT2D eigenvalue weighted by Gasteiger charge is -2.29. The van der Waals surface area contributed by atoms with Crippen molar-refractivity contribution in [2.75, 3.05) is 4.90 Å². The van der Waals surface area contributed by atoms with Gasteiger partial charge in [-0.2, -0.15) is 0 Å². The molecule has 1 atom stereocenters. The van der Waals surface area contributed by atoms with Crippen molar-refractivity contribution < 1.29 is 0 Å². The number of thiophene rings is 1. The Labute approximate surface area is 309 Å². The molecule has 0 bridgehead atoms. The second-order valence-electron chi connectivity index (χ2n) is 13.5. The summed E-state index contributed by atoms with van der Waals surface area (Å²) in [6, 6.07) is 53.4. The van der Waals surface area contributed by atoms with Crippen LogP contribution < -0.4 is 4.90 Å². The van der Waals surface area contributed by atoms with Crippen LogP contribution in [-0.4, -0.2) is 4.57 Å². The number of aromatic nitrogens is 1. The van der Waals surface area contributed by atoms with Gasteiger partial charge in [0.15, 0.2) is 0 Å². The van der Waals surface area contributed by atoms with Gasteiger partial charge >= 0.3 is 0 Å². The fourth-order valence-corrected chi connectivity index (χ4v) is 9.53. The molecule has 244 valence electrons. The SMILES string of the molecule is CC1C=CC(n2c3ccc(N(c4ccccc4-c4ccccc4Br)c4cccc5ccccc45)cc3c3cc4c(cc32)sc2ccccc24)=CC1. The third-order valence-electron chi connectivity index (χ3n) is 10.4. The zero-order valence-electron chi connectivity index (χ0n) is 28.1. The Balaban J connectivity index is 1.29. The molecule has 0 radical (unpaired) electrons. The van der Waals surface area contributed by atoms with Gasteiger partial charge in [-0.05, 0) is 84.0 Å². The van der Waals surface area contributed by atoms with Gasteiger partial charge in [-0.25, -0.2) is 0 Å². The number of anilines is 3. The molecule has 0 fully saturated rings. The van der Waals surface area contributed by atoms with E-state index in [9.17, 15) is 0 Å². The molecule has 0 N–H and O–H groups in total. The number of halogens is 1. The molecule has 2 heterocycles. The monoisotopic (exact) mass is 736 g/mol. The average Bonchev–Trinajstić information content (AvgIpc) is 3.69. The van der Waals surface area contributed by atoms with E-state index in [1.165, 1.54) is 64.0 Å². The molecule has 0 spiro atoms. The number of nitrogens with zero attached hydrogens (tertiary/aromatic N) is 2. The topological polar surface area (TPSA) is 8.17 Å². The summed E-state index contributed by atoms with van der Waals surface area (Å²) in [4.78, 5) is 2.46. The first-order chi connectivity index (χ1) is 25.1. The van der Waals surface area contributed by atoms with Crippen LogP contribution in [-0.2, 0) is 0 Å². The van der Waals surface area contributed by atoms with E-state index < -0.39 is 0 Å². The van der Waals surface area contributed by atoms with Crippen LogP contribution in [0.3, 0.4) is 0 Å². The molecule has 1 aliphatic carbocycles. The molecule has 7 aromatic carbocycles. The van der Waals surface area contributed by atoms with Crippen molar-refractivity contribution in [1.82, 2.24) is 4.57 Å². The van der Waals surface area contributed by atoms with Gasteiger partial charge in [-0.15, -0.1) is 11.3 Å². The third-order valence-corrected chi connectivity index (χ3v) is 12.2. The van der Waals surface area contributed by atoms with Gasteiger partial charge in [0, 0.05) is 57.8 Å². The van der Waals surface area contributed by atoms with E-state index in [0.29, 0.717) is 5.92 Å². The van der Waals surface area contributed by atoms with Crippen molar-refractivity contribution in [2.45, 2.75) is 13.3 Å². The first-order valence-electron chi connectivity index (χ1n) is 17.5. The second-order valence-corrected chi connectivity index (χ2v) is 15.5. The number of rotatable bonds is 5. The Morgan fingerprint density at radius 3 is 2.20 bits per heavy atom. The fourth-order valence-electron chi connectivity index (χ4n) is 7.91. The predicted molar refractivity (Wildman–Crippen MR) is 225 cm³/mol. The van der Waals surface area contributed by atoms with Crippen molar-refractivity contribution in [2.24, 2.45) is 5.92 Å². The highest BCUT2D eigenvalue weighted by Crippen LogP contribution is 2.47. The van der Waals surface area contributed by atoms with E-state index in [1.54, 1.807) is 0 Å². The molecule has 2 aromatic heterocycles. The summed E-state index contributed by atoms with van der Waals surface area (Å²) in [5.74, 6) is 0.543. The van der Waals surface area contributed by atoms with Gasteiger partial charge in [-0.1, -0.05) is 126 Å². The van der Waals surface area contributed by atoms with E-state index in [2.05, 4.69) is 196 Å². The van der Waals surface area contributed by atoms with Gasteiger partial charge in [0.1, 0.15) is 0 Å². The molecular weight excluding hydrogens is 705 g/mol. The maximum atomic E-state index is 3.87. The summed E-state index contributed by atoms with van der Waals surface area (Å²) in [5, 5.41) is 7.58. The number of para-hydroxylation sites is 1. The molecule has 0 saturated heterocycles. The van der Waals surface area contributed by atoms with E-state index >= 15 is 0 Å². The maximum Gasteiger partial charge on any atom is 0.0555 e. The third kappa shape index (κ3) is 4.97. The minimum absolute atomic E-state index is 0.543. The smallest absolute Gasteiger partial charge is 0.0555 e. The summed E-state index contributed by atoms with van der Waals surface area (Å²) in [5.41, 5.74) is 9.43. The number of hydrogen-bond donors (Lipinski definition) is 0. The Morgan fingerprint density at radius 1 is 0.608 bits per heavy atom. The Kier molecular flexibility index (Phi) is 7.23. The molecule has 9 aromatic rings. The molecule has 0 amide bonds. The molecule has 1 unspecified atom stereocenters. The average molecular weight is 738 g/mol. The molecule has 2 nitrogen and oxygen atoms in total. The molecular formula is C47H33BrN2S. The highest BCUT2D eigenvalue weighted by atomic mass is 79.9. The number of hydrogen-bond acceptors (Lipinski definition) is 2. The van der Waals surface area contributed by atoms with Crippen LogP contribution >= 0.6 is 27.3 Å². The van der Waals surface area contributed by atoms with Crippen LogP contribution in [0.5, 0.6) is 0 Å². The maximum absolute atomic E-state index is 3.87. The van der Waals surface area contributed by atoms with Crippen molar-refractivity contribution in [3.8, 4) is 11.1 Å². The summed E-state index contributed by atoms with van der Waals surface area (Å²) in [6.45, 7) is 2.29. The molecule has 1 aliphatic rings. The van der Waals surface area contributed by atoms with Crippen LogP contribution in [0.25, 0.3) is 69.6 Å². The zero-order chi connectivity index (χ0) is 34.1. The van der Waals surface area contributed by atoms with Gasteiger partial charge in [0.25, 0.3) is 0 Å². The van der Waals surface area contributed by atoms with E-state index in [0.717, 1.165) is 33.5 Å². The molecule has 0 aliphatic heterocycles. The normalized spacial score (nSPS) is 14.6. The van der Waals surface area contributed by atoms with Crippen LogP contribution in [0.1, 0.15) is 13.3 Å². The Hall–Kier alpha value is -5.42. The number of benzene rings is 7. The Bertz CT molecular complexity index is 2880. The van der Waals surface area contributed by atoms with Gasteiger partial charge in [0.2, 0.25) is 0 Å². The summed E-state index contributed by atoms with van der Waals surface area (Å²) in [7, 11) is 0. The lowest BCUT2D eigenvalue weighted by molar-refractivity contribution is 0.735. The number of allylic oxidation sites excluding steroid dienone is 4. The summed E-state index contributed by atoms with van der Waals surface area (Å²) in [6.07, 6.45) is 8.10. The zero-order valence-corrected chi connectivity index (χ0v) is 30.5. The fraction of sp³-hybridized carbons (Fsp3) is 0.0638. The van der Waals surface area contributed by atoms with Crippen molar-refractivity contribution in [3.05, 3.63) is 168 Å². The predicted octanol–water partition coefficient (Wildman–Crippen LogP) is 14.7. The van der Waals surface area contributed by atoms with Crippen LogP contribution in [0.4, 0.5) is 17.1 Å². The minimum atomic E-state index is 0.543. The standard InChI is InChI=1S/C47H33BrN2S/c1-30-21-23-32(24-22-30)49-44-26-25-33(27-38(44)39-28-40-37-16-6-9-20-46(37)51-47(40)29-45(39)49)50(42-19-10-12-31-11-2-3-13-34(31)42)43-18-8-5-15-36(43)35-14-4-7-17-41(35)48/h2-21,23-30H,22H2,1H3. The van der Waals surface area contributed by atoms with Gasteiger partial charge < -0.3 is 9.47 Å². The first-order valence-corrected chi connectivity index (χ1v) is 19.1. The molecule has 4 heteroatoms. The largest absolute Gasteiger partial charge is 0.310 e. The number of fused-ring (bicyclic) bond motifs is 7. The lowest BCUT2D eigenvalue weighted by atomic mass is 10.00. The van der Waals surface area contributed by atoms with E-state index in [4.69, 9.17) is 0 Å². The second kappa shape index (κ2) is 12.1. The molecule has 0 saturated carbocycles. The van der Waals surface area contributed by atoms with E-state index in [1.807, 2.05) is 11.3 Å². The van der Waals surface area contributed by atoms with Gasteiger partial charge in [-0.3, -0.25) is 0 Å². The van der Waals surface area contributed by atoms with Crippen LogP contribution in [0.15, 0.2) is 168 Å². The highest BCUT2D eigenvalue weighted by molar-refractivity contribution is 9.10. The summed E-state index contributed by atoms with van der Waals surface area (Å²) >= 11 is 5.76. The highest BCUT2D eigenvalue weighted by Gasteiger charge is 2.23. The minimum Gasteiger partial charge on any atom is -0.310 e. The summed E-state index contributed by atoms with van der Waals surface area (Å²) < 4.78 is 6.20. The molecule has 10 rings (SSSR count). The van der Waals surface area contributed by atoms with Crippen molar-refractivity contribution in [1.29, 1.82) is 0 Å².